The van der Waals surface area contributed by atoms with Crippen LogP contribution in [-0.2, 0) is 14.2 Å². The Bertz CT molecular complexity index is 193. The van der Waals surface area contributed by atoms with Crippen LogP contribution in [0.2, 0.25) is 0 Å². The number of rotatable bonds is 9. The zero-order valence-electron chi connectivity index (χ0n) is 10.1. The maximum absolute atomic E-state index is 10.6. The lowest BCUT2D eigenvalue weighted by Gasteiger charge is -2.07. The standard InChI is InChI=1S/C12H22O4/c1-2-3-4-5-6-8-14-9-7-11-10-15-12(13)16-11/h11H,2-10H2,1H3. The number of hydrogen-bond acceptors (Lipinski definition) is 4. The molecule has 4 nitrogen and oxygen atoms in total. The van der Waals surface area contributed by atoms with E-state index in [2.05, 4.69) is 11.7 Å². The Morgan fingerprint density at radius 2 is 2.06 bits per heavy atom. The van der Waals surface area contributed by atoms with Crippen LogP contribution in [0.15, 0.2) is 0 Å². The van der Waals surface area contributed by atoms with Crippen molar-refractivity contribution in [3.63, 3.8) is 0 Å². The molecule has 0 aromatic rings. The number of carbonyl (C=O) groups is 1. The Hall–Kier alpha value is -0.770. The summed E-state index contributed by atoms with van der Waals surface area (Å²) in [6.07, 6.45) is 6.34. The quantitative estimate of drug-likeness (QED) is 0.451. The lowest BCUT2D eigenvalue weighted by Crippen LogP contribution is -2.13. The van der Waals surface area contributed by atoms with Crippen molar-refractivity contribution in [3.05, 3.63) is 0 Å². The predicted octanol–water partition coefficient (Wildman–Crippen LogP) is 2.90. The largest absolute Gasteiger partial charge is 0.508 e. The van der Waals surface area contributed by atoms with Gasteiger partial charge in [-0.2, -0.15) is 0 Å². The van der Waals surface area contributed by atoms with E-state index in [1.165, 1.54) is 25.7 Å². The van der Waals surface area contributed by atoms with Crippen LogP contribution in [0.4, 0.5) is 4.79 Å². The molecule has 0 spiro atoms. The highest BCUT2D eigenvalue weighted by atomic mass is 16.8. The van der Waals surface area contributed by atoms with Crippen molar-refractivity contribution in [1.29, 1.82) is 0 Å². The molecule has 0 aromatic heterocycles. The van der Waals surface area contributed by atoms with E-state index < -0.39 is 6.16 Å². The first-order chi connectivity index (χ1) is 7.83. The molecule has 0 amide bonds. The molecule has 0 bridgehead atoms. The first-order valence-corrected chi connectivity index (χ1v) is 6.24. The second-order valence-corrected chi connectivity index (χ2v) is 4.12. The van der Waals surface area contributed by atoms with Gasteiger partial charge in [-0.3, -0.25) is 0 Å². The molecule has 0 aliphatic carbocycles. The van der Waals surface area contributed by atoms with Crippen molar-refractivity contribution < 1.29 is 19.0 Å². The van der Waals surface area contributed by atoms with Gasteiger partial charge in [0.15, 0.2) is 0 Å². The van der Waals surface area contributed by atoms with Gasteiger partial charge in [0.25, 0.3) is 0 Å². The number of carbonyl (C=O) groups excluding carboxylic acids is 1. The van der Waals surface area contributed by atoms with Gasteiger partial charge in [-0.25, -0.2) is 4.79 Å². The monoisotopic (exact) mass is 230 g/mol. The topological polar surface area (TPSA) is 44.8 Å². The first-order valence-electron chi connectivity index (χ1n) is 6.24. The number of hydrogen-bond donors (Lipinski definition) is 0. The minimum absolute atomic E-state index is 0.104. The maximum atomic E-state index is 10.6. The van der Waals surface area contributed by atoms with Gasteiger partial charge in [-0.05, 0) is 6.42 Å². The van der Waals surface area contributed by atoms with Crippen LogP contribution in [0.3, 0.4) is 0 Å². The van der Waals surface area contributed by atoms with E-state index in [0.29, 0.717) is 13.2 Å². The van der Waals surface area contributed by atoms with Crippen molar-refractivity contribution >= 4 is 6.16 Å². The molecule has 94 valence electrons. The molecule has 1 aliphatic heterocycles. The zero-order chi connectivity index (χ0) is 11.6. The van der Waals surface area contributed by atoms with Gasteiger partial charge in [0, 0.05) is 13.0 Å². The Morgan fingerprint density at radius 1 is 1.25 bits per heavy atom. The summed E-state index contributed by atoms with van der Waals surface area (Å²) < 4.78 is 15.0. The summed E-state index contributed by atoms with van der Waals surface area (Å²) in [5.74, 6) is 0. The van der Waals surface area contributed by atoms with E-state index in [4.69, 9.17) is 9.47 Å². The summed E-state index contributed by atoms with van der Waals surface area (Å²) in [6, 6.07) is 0. The zero-order valence-corrected chi connectivity index (χ0v) is 10.1. The van der Waals surface area contributed by atoms with Crippen molar-refractivity contribution in [2.24, 2.45) is 0 Å². The molecule has 0 radical (unpaired) electrons. The Balaban J connectivity index is 1.79. The third-order valence-electron chi connectivity index (χ3n) is 2.63. The summed E-state index contributed by atoms with van der Waals surface area (Å²) in [5.41, 5.74) is 0. The maximum Gasteiger partial charge on any atom is 0.508 e. The molecule has 4 heteroatoms. The van der Waals surface area contributed by atoms with E-state index in [9.17, 15) is 4.79 Å². The van der Waals surface area contributed by atoms with Crippen LogP contribution < -0.4 is 0 Å². The van der Waals surface area contributed by atoms with E-state index in [1.54, 1.807) is 0 Å². The minimum atomic E-state index is -0.551. The van der Waals surface area contributed by atoms with Crippen LogP contribution in [-0.4, -0.2) is 32.1 Å². The van der Waals surface area contributed by atoms with E-state index >= 15 is 0 Å². The lowest BCUT2D eigenvalue weighted by molar-refractivity contribution is 0.0817. The van der Waals surface area contributed by atoms with Crippen LogP contribution >= 0.6 is 0 Å². The second-order valence-electron chi connectivity index (χ2n) is 4.12. The van der Waals surface area contributed by atoms with Crippen LogP contribution in [0.1, 0.15) is 45.4 Å². The number of cyclic esters (lactones) is 2. The Kier molecular flexibility index (Phi) is 6.97. The highest BCUT2D eigenvalue weighted by Crippen LogP contribution is 2.10. The van der Waals surface area contributed by atoms with Gasteiger partial charge >= 0.3 is 6.16 Å². The number of ether oxygens (including phenoxy) is 3. The SMILES string of the molecule is CCCCCCCOCCC1COC(=O)O1. The highest BCUT2D eigenvalue weighted by molar-refractivity contribution is 5.61. The Labute approximate surface area is 97.2 Å². The molecule has 1 atom stereocenters. The molecular weight excluding hydrogens is 208 g/mol. The molecule has 16 heavy (non-hydrogen) atoms. The van der Waals surface area contributed by atoms with Crippen LogP contribution in [0, 0.1) is 0 Å². The normalized spacial score (nSPS) is 19.6. The molecule has 1 rings (SSSR count). The van der Waals surface area contributed by atoms with Crippen LogP contribution in [0.5, 0.6) is 0 Å². The van der Waals surface area contributed by atoms with Crippen molar-refractivity contribution in [2.75, 3.05) is 19.8 Å². The molecule has 1 aliphatic rings. The Morgan fingerprint density at radius 3 is 2.75 bits per heavy atom. The summed E-state index contributed by atoms with van der Waals surface area (Å²) in [5, 5.41) is 0. The van der Waals surface area contributed by atoms with Gasteiger partial charge in [0.2, 0.25) is 0 Å². The number of unbranched alkanes of at least 4 members (excludes halogenated alkanes) is 4. The first kappa shape index (κ1) is 13.3. The molecule has 1 saturated heterocycles. The van der Waals surface area contributed by atoms with E-state index in [1.807, 2.05) is 0 Å². The highest BCUT2D eigenvalue weighted by Gasteiger charge is 2.24. The minimum Gasteiger partial charge on any atom is -0.430 e. The summed E-state index contributed by atoms with van der Waals surface area (Å²) in [4.78, 5) is 10.6. The van der Waals surface area contributed by atoms with E-state index in [0.717, 1.165) is 19.4 Å². The lowest BCUT2D eigenvalue weighted by atomic mass is 10.2. The van der Waals surface area contributed by atoms with Gasteiger partial charge in [-0.15, -0.1) is 0 Å². The van der Waals surface area contributed by atoms with Gasteiger partial charge < -0.3 is 14.2 Å². The molecule has 1 fully saturated rings. The van der Waals surface area contributed by atoms with Crippen molar-refractivity contribution in [1.82, 2.24) is 0 Å². The second kappa shape index (κ2) is 8.39. The molecule has 1 unspecified atom stereocenters. The molecule has 1 heterocycles. The van der Waals surface area contributed by atoms with Crippen molar-refractivity contribution in [2.45, 2.75) is 51.6 Å². The average molecular weight is 230 g/mol. The molecule has 0 saturated carbocycles. The average Bonchev–Trinajstić information content (AvgIpc) is 2.68. The summed E-state index contributed by atoms with van der Waals surface area (Å²) in [7, 11) is 0. The van der Waals surface area contributed by atoms with Gasteiger partial charge in [0.05, 0.1) is 6.61 Å². The third kappa shape index (κ3) is 5.95. The van der Waals surface area contributed by atoms with E-state index in [-0.39, 0.29) is 6.10 Å². The van der Waals surface area contributed by atoms with Gasteiger partial charge in [0.1, 0.15) is 12.7 Å². The predicted molar refractivity (Wildman–Crippen MR) is 60.4 cm³/mol. The molecule has 0 N–H and O–H groups in total. The van der Waals surface area contributed by atoms with Gasteiger partial charge in [-0.1, -0.05) is 32.6 Å². The fraction of sp³-hybridized carbons (Fsp3) is 0.917. The summed E-state index contributed by atoms with van der Waals surface area (Å²) >= 11 is 0. The van der Waals surface area contributed by atoms with Crippen LogP contribution in [0.25, 0.3) is 0 Å². The smallest absolute Gasteiger partial charge is 0.430 e. The fourth-order valence-electron chi connectivity index (χ4n) is 1.63. The van der Waals surface area contributed by atoms with Crippen molar-refractivity contribution in [3.8, 4) is 0 Å². The molecular formula is C12H22O4. The fourth-order valence-corrected chi connectivity index (χ4v) is 1.63. The summed E-state index contributed by atoms with van der Waals surface area (Å²) in [6.45, 7) is 4.04. The molecule has 0 aromatic carbocycles. The third-order valence-corrected chi connectivity index (χ3v) is 2.63.